The maximum Gasteiger partial charge on any atom is 0.240 e. The highest BCUT2D eigenvalue weighted by Gasteiger charge is 2.30. The van der Waals surface area contributed by atoms with Gasteiger partial charge in [-0.3, -0.25) is 4.79 Å². The molecule has 116 valence electrons. The summed E-state index contributed by atoms with van der Waals surface area (Å²) in [7, 11) is 0. The lowest BCUT2D eigenvalue weighted by Crippen LogP contribution is -2.47. The zero-order chi connectivity index (χ0) is 15.4. The van der Waals surface area contributed by atoms with Gasteiger partial charge in [0.1, 0.15) is 5.82 Å². The molecule has 2 N–H and O–H groups in total. The van der Waals surface area contributed by atoms with E-state index in [2.05, 4.69) is 0 Å². The topological polar surface area (TPSA) is 46.3 Å². The summed E-state index contributed by atoms with van der Waals surface area (Å²) < 4.78 is 13.0. The van der Waals surface area contributed by atoms with Gasteiger partial charge < -0.3 is 10.6 Å². The highest BCUT2D eigenvalue weighted by atomic mass is 19.1. The van der Waals surface area contributed by atoms with Crippen LogP contribution in [0, 0.1) is 17.7 Å². The molecule has 0 radical (unpaired) electrons. The molecule has 1 aromatic carbocycles. The Balaban J connectivity index is 2.06. The van der Waals surface area contributed by atoms with Crippen LogP contribution in [0.1, 0.15) is 38.7 Å². The first kappa shape index (κ1) is 16.0. The van der Waals surface area contributed by atoms with E-state index in [1.165, 1.54) is 25.0 Å². The second-order valence-electron chi connectivity index (χ2n) is 6.20. The number of rotatable bonds is 7. The number of hydrogen-bond acceptors (Lipinski definition) is 2. The first-order valence-corrected chi connectivity index (χ1v) is 7.80. The number of carbonyl (C=O) groups excluding carboxylic acids is 1. The lowest BCUT2D eigenvalue weighted by molar-refractivity contribution is -0.134. The number of benzene rings is 1. The molecular formula is C17H25FN2O. The Morgan fingerprint density at radius 2 is 2.00 bits per heavy atom. The summed E-state index contributed by atoms with van der Waals surface area (Å²) in [5.74, 6) is 0.543. The molecule has 0 aromatic heterocycles. The molecule has 1 aromatic rings. The monoisotopic (exact) mass is 292 g/mol. The fourth-order valence-electron chi connectivity index (χ4n) is 2.36. The van der Waals surface area contributed by atoms with Gasteiger partial charge in [-0.05, 0) is 42.4 Å². The summed E-state index contributed by atoms with van der Waals surface area (Å²) in [6.07, 6.45) is 3.26. The van der Waals surface area contributed by atoms with Crippen molar-refractivity contribution < 1.29 is 9.18 Å². The van der Waals surface area contributed by atoms with Crippen LogP contribution in [0.15, 0.2) is 24.3 Å². The summed E-state index contributed by atoms with van der Waals surface area (Å²) in [6, 6.07) is 5.89. The second-order valence-corrected chi connectivity index (χ2v) is 6.20. The Bertz CT molecular complexity index is 470. The van der Waals surface area contributed by atoms with Crippen molar-refractivity contribution >= 4 is 5.91 Å². The number of hydrogen-bond donors (Lipinski definition) is 1. The quantitative estimate of drug-likeness (QED) is 0.840. The molecule has 1 saturated carbocycles. The van der Waals surface area contributed by atoms with Crippen molar-refractivity contribution in [2.24, 2.45) is 17.6 Å². The third kappa shape index (κ3) is 4.53. The van der Waals surface area contributed by atoms with E-state index in [1.54, 1.807) is 12.1 Å². The van der Waals surface area contributed by atoms with Gasteiger partial charge in [0.2, 0.25) is 5.91 Å². The molecule has 1 amide bonds. The molecule has 2 unspecified atom stereocenters. The van der Waals surface area contributed by atoms with E-state index < -0.39 is 6.04 Å². The number of amides is 1. The third-order valence-electron chi connectivity index (χ3n) is 4.32. The van der Waals surface area contributed by atoms with Crippen molar-refractivity contribution in [1.82, 2.24) is 4.90 Å². The highest BCUT2D eigenvalue weighted by molar-refractivity contribution is 5.82. The standard InChI is InChI=1S/C17H25FN2O/c1-3-12(2)16(19)17(21)20(10-13-4-5-13)11-14-6-8-15(18)9-7-14/h6-9,12-13,16H,3-5,10-11,19H2,1-2H3. The molecule has 1 fully saturated rings. The predicted octanol–water partition coefficient (Wildman–Crippen LogP) is 2.94. The fraction of sp³-hybridized carbons (Fsp3) is 0.588. The van der Waals surface area contributed by atoms with Crippen LogP contribution in [0.2, 0.25) is 0 Å². The minimum atomic E-state index is -0.450. The molecule has 1 aliphatic carbocycles. The van der Waals surface area contributed by atoms with Crippen LogP contribution in [0.25, 0.3) is 0 Å². The lowest BCUT2D eigenvalue weighted by Gasteiger charge is -2.28. The second kappa shape index (κ2) is 7.03. The van der Waals surface area contributed by atoms with E-state index in [0.29, 0.717) is 12.5 Å². The maximum absolute atomic E-state index is 13.0. The summed E-state index contributed by atoms with van der Waals surface area (Å²) in [4.78, 5) is 14.5. The van der Waals surface area contributed by atoms with Crippen LogP contribution >= 0.6 is 0 Å². The van der Waals surface area contributed by atoms with Crippen molar-refractivity contribution in [2.75, 3.05) is 6.54 Å². The van der Waals surface area contributed by atoms with Gasteiger partial charge in [0, 0.05) is 13.1 Å². The van der Waals surface area contributed by atoms with Crippen LogP contribution in [0.5, 0.6) is 0 Å². The molecular weight excluding hydrogens is 267 g/mol. The van der Waals surface area contributed by atoms with Gasteiger partial charge >= 0.3 is 0 Å². The minimum absolute atomic E-state index is 0.0144. The summed E-state index contributed by atoms with van der Waals surface area (Å²) in [6.45, 7) is 5.33. The SMILES string of the molecule is CCC(C)C(N)C(=O)N(Cc1ccc(F)cc1)CC1CC1. The van der Waals surface area contributed by atoms with Crippen LogP contribution < -0.4 is 5.73 Å². The van der Waals surface area contributed by atoms with Crippen molar-refractivity contribution in [3.8, 4) is 0 Å². The smallest absolute Gasteiger partial charge is 0.240 e. The van der Waals surface area contributed by atoms with Crippen LogP contribution in [0.3, 0.4) is 0 Å². The summed E-state index contributed by atoms with van der Waals surface area (Å²) in [5, 5.41) is 0. The normalized spacial score (nSPS) is 17.3. The zero-order valence-corrected chi connectivity index (χ0v) is 12.9. The molecule has 0 aliphatic heterocycles. The third-order valence-corrected chi connectivity index (χ3v) is 4.32. The molecule has 3 nitrogen and oxygen atoms in total. The van der Waals surface area contributed by atoms with Crippen molar-refractivity contribution in [2.45, 2.75) is 45.7 Å². The predicted molar refractivity (Wildman–Crippen MR) is 82.0 cm³/mol. The van der Waals surface area contributed by atoms with E-state index in [0.717, 1.165) is 18.5 Å². The van der Waals surface area contributed by atoms with Gasteiger partial charge in [-0.1, -0.05) is 32.4 Å². The summed E-state index contributed by atoms with van der Waals surface area (Å²) >= 11 is 0. The Labute approximate surface area is 126 Å². The number of halogens is 1. The number of nitrogens with two attached hydrogens (primary N) is 1. The Kier molecular flexibility index (Phi) is 5.34. The van der Waals surface area contributed by atoms with E-state index >= 15 is 0 Å². The molecule has 21 heavy (non-hydrogen) atoms. The Morgan fingerprint density at radius 3 is 2.52 bits per heavy atom. The van der Waals surface area contributed by atoms with Crippen LogP contribution in [-0.4, -0.2) is 23.4 Å². The molecule has 1 aliphatic rings. The van der Waals surface area contributed by atoms with Crippen molar-refractivity contribution in [1.29, 1.82) is 0 Å². The molecule has 0 heterocycles. The fourth-order valence-corrected chi connectivity index (χ4v) is 2.36. The van der Waals surface area contributed by atoms with Gasteiger partial charge in [0.25, 0.3) is 0 Å². The molecule has 2 atom stereocenters. The largest absolute Gasteiger partial charge is 0.337 e. The number of carbonyl (C=O) groups is 1. The van der Waals surface area contributed by atoms with E-state index in [4.69, 9.17) is 5.73 Å². The van der Waals surface area contributed by atoms with Crippen molar-refractivity contribution in [3.05, 3.63) is 35.6 Å². The average molecular weight is 292 g/mol. The maximum atomic E-state index is 13.0. The van der Waals surface area contributed by atoms with Gasteiger partial charge in [-0.15, -0.1) is 0 Å². The van der Waals surface area contributed by atoms with Gasteiger partial charge in [0.05, 0.1) is 6.04 Å². The van der Waals surface area contributed by atoms with Crippen molar-refractivity contribution in [3.63, 3.8) is 0 Å². The zero-order valence-electron chi connectivity index (χ0n) is 12.9. The van der Waals surface area contributed by atoms with Gasteiger partial charge in [0.15, 0.2) is 0 Å². The molecule has 0 saturated heterocycles. The first-order valence-electron chi connectivity index (χ1n) is 7.80. The number of nitrogens with zero attached hydrogens (tertiary/aromatic N) is 1. The molecule has 2 rings (SSSR count). The van der Waals surface area contributed by atoms with Gasteiger partial charge in [-0.2, -0.15) is 0 Å². The van der Waals surface area contributed by atoms with Crippen LogP contribution in [-0.2, 0) is 11.3 Å². The minimum Gasteiger partial charge on any atom is -0.337 e. The van der Waals surface area contributed by atoms with E-state index in [-0.39, 0.29) is 17.6 Å². The lowest BCUT2D eigenvalue weighted by atomic mass is 9.98. The van der Waals surface area contributed by atoms with Gasteiger partial charge in [-0.25, -0.2) is 4.39 Å². The average Bonchev–Trinajstić information content (AvgIpc) is 3.30. The van der Waals surface area contributed by atoms with Crippen LogP contribution in [0.4, 0.5) is 4.39 Å². The summed E-state index contributed by atoms with van der Waals surface area (Å²) in [5.41, 5.74) is 7.04. The molecule has 4 heteroatoms. The Morgan fingerprint density at radius 1 is 1.38 bits per heavy atom. The van der Waals surface area contributed by atoms with E-state index in [9.17, 15) is 9.18 Å². The first-order chi connectivity index (χ1) is 10.0. The highest BCUT2D eigenvalue weighted by Crippen LogP contribution is 2.30. The molecule has 0 bridgehead atoms. The Hall–Kier alpha value is -1.42. The molecule has 0 spiro atoms. The van der Waals surface area contributed by atoms with E-state index in [1.807, 2.05) is 18.7 Å².